The van der Waals surface area contributed by atoms with E-state index in [1.54, 1.807) is 10.7 Å². The molecule has 0 aliphatic heterocycles. The maximum absolute atomic E-state index is 5.93. The van der Waals surface area contributed by atoms with Crippen molar-refractivity contribution in [2.24, 2.45) is 7.05 Å². The first-order valence-corrected chi connectivity index (χ1v) is 5.95. The Morgan fingerprint density at radius 2 is 2.18 bits per heavy atom. The van der Waals surface area contributed by atoms with E-state index in [9.17, 15) is 0 Å². The summed E-state index contributed by atoms with van der Waals surface area (Å²) >= 11 is 5.93. The molecule has 0 radical (unpaired) electrons. The molecule has 1 aromatic carbocycles. The smallest absolute Gasteiger partial charge is 0.221 e. The number of hydrogen-bond donors (Lipinski definition) is 0. The first-order valence-electron chi connectivity index (χ1n) is 5.57. The molecule has 17 heavy (non-hydrogen) atoms. The van der Waals surface area contributed by atoms with E-state index in [2.05, 4.69) is 12.0 Å². The van der Waals surface area contributed by atoms with E-state index in [0.29, 0.717) is 5.02 Å². The van der Waals surface area contributed by atoms with E-state index in [1.165, 1.54) is 0 Å². The Hall–Kier alpha value is -1.48. The minimum atomic E-state index is 0.666. The van der Waals surface area contributed by atoms with Crippen molar-refractivity contribution >= 4 is 11.6 Å². The maximum Gasteiger partial charge on any atom is 0.221 e. The van der Waals surface area contributed by atoms with Gasteiger partial charge < -0.3 is 4.74 Å². The molecule has 2 aromatic rings. The highest BCUT2D eigenvalue weighted by atomic mass is 35.5. The molecule has 0 unspecified atom stereocenters. The summed E-state index contributed by atoms with van der Waals surface area (Å²) < 4.78 is 7.61. The van der Waals surface area contributed by atoms with Crippen molar-refractivity contribution in [2.45, 2.75) is 20.3 Å². The van der Waals surface area contributed by atoms with Crippen LogP contribution in [-0.2, 0) is 13.5 Å². The molecule has 0 amide bonds. The van der Waals surface area contributed by atoms with Crippen molar-refractivity contribution in [3.8, 4) is 11.6 Å². The Kier molecular flexibility index (Phi) is 3.38. The van der Waals surface area contributed by atoms with Crippen LogP contribution in [0.25, 0.3) is 0 Å². The lowest BCUT2D eigenvalue weighted by Gasteiger charge is -2.08. The molecule has 0 saturated carbocycles. The number of benzene rings is 1. The highest BCUT2D eigenvalue weighted by molar-refractivity contribution is 6.30. The second-order valence-electron chi connectivity index (χ2n) is 3.91. The molecule has 90 valence electrons. The van der Waals surface area contributed by atoms with Gasteiger partial charge in [-0.05, 0) is 31.5 Å². The maximum atomic E-state index is 5.93. The first kappa shape index (κ1) is 12.0. The van der Waals surface area contributed by atoms with Gasteiger partial charge in [-0.1, -0.05) is 24.6 Å². The summed E-state index contributed by atoms with van der Waals surface area (Å²) in [5.74, 6) is 1.52. The molecule has 1 aromatic heterocycles. The monoisotopic (exact) mass is 250 g/mol. The molecule has 1 heterocycles. The fraction of sp³-hybridized carbons (Fsp3) is 0.308. The number of hydrogen-bond acceptors (Lipinski definition) is 2. The number of rotatable bonds is 3. The van der Waals surface area contributed by atoms with E-state index in [0.717, 1.165) is 29.3 Å². The van der Waals surface area contributed by atoms with Crippen LogP contribution >= 0.6 is 11.6 Å². The number of halogens is 1. The van der Waals surface area contributed by atoms with E-state index < -0.39 is 0 Å². The normalized spacial score (nSPS) is 10.6. The van der Waals surface area contributed by atoms with Gasteiger partial charge in [-0.3, -0.25) is 0 Å². The first-order chi connectivity index (χ1) is 8.11. The van der Waals surface area contributed by atoms with Crippen molar-refractivity contribution in [3.63, 3.8) is 0 Å². The van der Waals surface area contributed by atoms with E-state index >= 15 is 0 Å². The quantitative estimate of drug-likeness (QED) is 0.830. The fourth-order valence-corrected chi connectivity index (χ4v) is 2.04. The molecule has 0 aliphatic carbocycles. The SMILES string of the molecule is CCc1c(C)nn(C)c1Oc1cccc(Cl)c1. The highest BCUT2D eigenvalue weighted by Crippen LogP contribution is 2.28. The van der Waals surface area contributed by atoms with E-state index in [1.807, 2.05) is 32.2 Å². The molecular weight excluding hydrogens is 236 g/mol. The molecule has 0 N–H and O–H groups in total. The number of aromatic nitrogens is 2. The van der Waals surface area contributed by atoms with E-state index in [-0.39, 0.29) is 0 Å². The van der Waals surface area contributed by atoms with Gasteiger partial charge in [-0.25, -0.2) is 4.68 Å². The van der Waals surface area contributed by atoms with Crippen LogP contribution in [0.5, 0.6) is 11.6 Å². The Morgan fingerprint density at radius 1 is 1.41 bits per heavy atom. The molecule has 0 bridgehead atoms. The third kappa shape index (κ3) is 2.44. The summed E-state index contributed by atoms with van der Waals surface area (Å²) in [6.45, 7) is 4.08. The molecule has 4 heteroatoms. The summed E-state index contributed by atoms with van der Waals surface area (Å²) in [5, 5.41) is 5.03. The summed E-state index contributed by atoms with van der Waals surface area (Å²) in [6.07, 6.45) is 0.898. The number of aryl methyl sites for hydroxylation is 2. The lowest BCUT2D eigenvalue weighted by molar-refractivity contribution is 0.426. The van der Waals surface area contributed by atoms with Gasteiger partial charge in [0, 0.05) is 17.6 Å². The van der Waals surface area contributed by atoms with Crippen LogP contribution in [0.4, 0.5) is 0 Å². The van der Waals surface area contributed by atoms with Crippen LogP contribution in [0.2, 0.25) is 5.02 Å². The molecule has 0 saturated heterocycles. The molecule has 0 aliphatic rings. The van der Waals surface area contributed by atoms with E-state index in [4.69, 9.17) is 16.3 Å². The standard InChI is InChI=1S/C13H15ClN2O/c1-4-12-9(2)15-16(3)13(12)17-11-7-5-6-10(14)8-11/h5-8H,4H2,1-3H3. The Labute approximate surface area is 106 Å². The predicted octanol–water partition coefficient (Wildman–Crippen LogP) is 3.74. The lowest BCUT2D eigenvalue weighted by Crippen LogP contribution is -1.96. The topological polar surface area (TPSA) is 27.1 Å². The Balaban J connectivity index is 2.36. The van der Waals surface area contributed by atoms with Crippen LogP contribution in [0.15, 0.2) is 24.3 Å². The molecular formula is C13H15ClN2O. The van der Waals surface area contributed by atoms with Gasteiger partial charge in [0.05, 0.1) is 5.69 Å². The van der Waals surface area contributed by atoms with Crippen LogP contribution in [0.1, 0.15) is 18.2 Å². The van der Waals surface area contributed by atoms with Crippen LogP contribution in [0.3, 0.4) is 0 Å². The second kappa shape index (κ2) is 4.80. The van der Waals surface area contributed by atoms with Crippen molar-refractivity contribution in [3.05, 3.63) is 40.5 Å². The number of nitrogens with zero attached hydrogens (tertiary/aromatic N) is 2. The van der Waals surface area contributed by atoms with Crippen molar-refractivity contribution in [2.75, 3.05) is 0 Å². The van der Waals surface area contributed by atoms with Crippen LogP contribution in [0, 0.1) is 6.92 Å². The third-order valence-corrected chi connectivity index (χ3v) is 2.89. The summed E-state index contributed by atoms with van der Waals surface area (Å²) in [4.78, 5) is 0. The molecule has 2 rings (SSSR count). The van der Waals surface area contributed by atoms with Crippen LogP contribution in [-0.4, -0.2) is 9.78 Å². The molecule has 0 atom stereocenters. The largest absolute Gasteiger partial charge is 0.439 e. The fourth-order valence-electron chi connectivity index (χ4n) is 1.86. The van der Waals surface area contributed by atoms with Gasteiger partial charge in [-0.15, -0.1) is 0 Å². The molecule has 0 spiro atoms. The summed E-state index contributed by atoms with van der Waals surface area (Å²) in [7, 11) is 1.88. The zero-order chi connectivity index (χ0) is 12.4. The van der Waals surface area contributed by atoms with Crippen LogP contribution < -0.4 is 4.74 Å². The van der Waals surface area contributed by atoms with Gasteiger partial charge in [0.25, 0.3) is 0 Å². The van der Waals surface area contributed by atoms with Gasteiger partial charge in [0.15, 0.2) is 0 Å². The molecule has 0 fully saturated rings. The van der Waals surface area contributed by atoms with Crippen molar-refractivity contribution in [1.29, 1.82) is 0 Å². The summed E-state index contributed by atoms with van der Waals surface area (Å²) in [6, 6.07) is 7.37. The van der Waals surface area contributed by atoms with Gasteiger partial charge in [0.2, 0.25) is 5.88 Å². The van der Waals surface area contributed by atoms with Gasteiger partial charge in [0.1, 0.15) is 5.75 Å². The predicted molar refractivity (Wildman–Crippen MR) is 68.8 cm³/mol. The minimum absolute atomic E-state index is 0.666. The summed E-state index contributed by atoms with van der Waals surface area (Å²) in [5.41, 5.74) is 2.14. The third-order valence-electron chi connectivity index (χ3n) is 2.65. The molecule has 3 nitrogen and oxygen atoms in total. The van der Waals surface area contributed by atoms with Gasteiger partial charge >= 0.3 is 0 Å². The minimum Gasteiger partial charge on any atom is -0.439 e. The van der Waals surface area contributed by atoms with Crippen molar-refractivity contribution < 1.29 is 4.74 Å². The zero-order valence-electron chi connectivity index (χ0n) is 10.2. The average molecular weight is 251 g/mol. The second-order valence-corrected chi connectivity index (χ2v) is 4.34. The Morgan fingerprint density at radius 3 is 2.82 bits per heavy atom. The van der Waals surface area contributed by atoms with Crippen molar-refractivity contribution in [1.82, 2.24) is 9.78 Å². The average Bonchev–Trinajstić information content (AvgIpc) is 2.53. The zero-order valence-corrected chi connectivity index (χ0v) is 11.0. The lowest BCUT2D eigenvalue weighted by atomic mass is 10.2. The number of ether oxygens (including phenoxy) is 1. The van der Waals surface area contributed by atoms with Gasteiger partial charge in [-0.2, -0.15) is 5.10 Å². The highest BCUT2D eigenvalue weighted by Gasteiger charge is 2.13. The Bertz CT molecular complexity index is 534.